The molecule has 2 nitrogen and oxygen atoms in total. The minimum atomic E-state index is 0.590. The number of nitrogens with one attached hydrogen (secondary N) is 1. The summed E-state index contributed by atoms with van der Waals surface area (Å²) in [5, 5.41) is 4.90. The Labute approximate surface area is 115 Å². The first-order chi connectivity index (χ1) is 9.24. The van der Waals surface area contributed by atoms with Crippen LogP contribution in [-0.2, 0) is 0 Å². The van der Waals surface area contributed by atoms with E-state index >= 15 is 0 Å². The molecule has 2 aromatic rings. The maximum Gasteiger partial charge on any atom is 0.0703 e. The first-order valence-electron chi connectivity index (χ1n) is 7.35. The van der Waals surface area contributed by atoms with Gasteiger partial charge in [-0.25, -0.2) is 0 Å². The van der Waals surface area contributed by atoms with Crippen LogP contribution < -0.4 is 5.32 Å². The number of fused-ring (bicyclic) bond motifs is 1. The third-order valence-corrected chi connectivity index (χ3v) is 4.65. The SMILES string of the molecule is CC1CCCC(Nc2cnc3ccccc3c2)C1C. The Balaban J connectivity index is 1.81. The van der Waals surface area contributed by atoms with E-state index in [9.17, 15) is 0 Å². The lowest BCUT2D eigenvalue weighted by atomic mass is 9.78. The minimum Gasteiger partial charge on any atom is -0.381 e. The maximum atomic E-state index is 4.53. The van der Waals surface area contributed by atoms with Crippen LogP contribution in [-0.4, -0.2) is 11.0 Å². The predicted molar refractivity (Wildman–Crippen MR) is 81.3 cm³/mol. The van der Waals surface area contributed by atoms with Crippen molar-refractivity contribution >= 4 is 16.6 Å². The monoisotopic (exact) mass is 254 g/mol. The Hall–Kier alpha value is -1.57. The zero-order valence-electron chi connectivity index (χ0n) is 11.8. The number of hydrogen-bond donors (Lipinski definition) is 1. The molecule has 3 unspecified atom stereocenters. The van der Waals surface area contributed by atoms with Crippen LogP contribution in [0.25, 0.3) is 10.9 Å². The van der Waals surface area contributed by atoms with Gasteiger partial charge in [-0.05, 0) is 30.4 Å². The van der Waals surface area contributed by atoms with Crippen molar-refractivity contribution < 1.29 is 0 Å². The highest BCUT2D eigenvalue weighted by Crippen LogP contribution is 2.31. The van der Waals surface area contributed by atoms with E-state index in [4.69, 9.17) is 0 Å². The second-order valence-electron chi connectivity index (χ2n) is 5.93. The van der Waals surface area contributed by atoms with Crippen molar-refractivity contribution in [3.63, 3.8) is 0 Å². The average Bonchev–Trinajstić information content (AvgIpc) is 2.44. The molecular weight excluding hydrogens is 232 g/mol. The lowest BCUT2D eigenvalue weighted by molar-refractivity contribution is 0.253. The molecule has 0 aliphatic heterocycles. The number of nitrogens with zero attached hydrogens (tertiary/aromatic N) is 1. The second-order valence-corrected chi connectivity index (χ2v) is 5.93. The fourth-order valence-corrected chi connectivity index (χ4v) is 3.15. The normalized spacial score (nSPS) is 27.4. The molecule has 1 N–H and O–H groups in total. The zero-order chi connectivity index (χ0) is 13.2. The molecule has 0 radical (unpaired) electrons. The molecule has 1 heterocycles. The Morgan fingerprint density at radius 3 is 2.89 bits per heavy atom. The third-order valence-electron chi connectivity index (χ3n) is 4.65. The zero-order valence-corrected chi connectivity index (χ0v) is 11.8. The number of para-hydroxylation sites is 1. The van der Waals surface area contributed by atoms with Gasteiger partial charge in [0.25, 0.3) is 0 Å². The summed E-state index contributed by atoms with van der Waals surface area (Å²) < 4.78 is 0. The molecule has 3 atom stereocenters. The van der Waals surface area contributed by atoms with Gasteiger partial charge in [0, 0.05) is 11.4 Å². The molecule has 0 saturated heterocycles. The van der Waals surface area contributed by atoms with Crippen molar-refractivity contribution in [2.24, 2.45) is 11.8 Å². The molecule has 1 fully saturated rings. The van der Waals surface area contributed by atoms with Gasteiger partial charge < -0.3 is 5.32 Å². The third kappa shape index (κ3) is 2.58. The highest BCUT2D eigenvalue weighted by atomic mass is 14.9. The first-order valence-corrected chi connectivity index (χ1v) is 7.35. The van der Waals surface area contributed by atoms with Crippen LogP contribution >= 0.6 is 0 Å². The fourth-order valence-electron chi connectivity index (χ4n) is 3.15. The molecular formula is C17H22N2. The van der Waals surface area contributed by atoms with Crippen molar-refractivity contribution in [1.29, 1.82) is 0 Å². The molecule has 1 aromatic carbocycles. The van der Waals surface area contributed by atoms with E-state index in [1.807, 2.05) is 12.3 Å². The Bertz CT molecular complexity index is 564. The van der Waals surface area contributed by atoms with E-state index in [1.165, 1.54) is 24.6 Å². The molecule has 19 heavy (non-hydrogen) atoms. The molecule has 0 bridgehead atoms. The van der Waals surface area contributed by atoms with Crippen LogP contribution in [0.3, 0.4) is 0 Å². The van der Waals surface area contributed by atoms with Crippen molar-refractivity contribution in [1.82, 2.24) is 4.98 Å². The van der Waals surface area contributed by atoms with Crippen LogP contribution in [0.4, 0.5) is 5.69 Å². The average molecular weight is 254 g/mol. The number of aromatic nitrogens is 1. The van der Waals surface area contributed by atoms with E-state index in [2.05, 4.69) is 48.4 Å². The van der Waals surface area contributed by atoms with Gasteiger partial charge in [0.15, 0.2) is 0 Å². The first kappa shape index (κ1) is 12.5. The Morgan fingerprint density at radius 2 is 2.00 bits per heavy atom. The summed E-state index contributed by atoms with van der Waals surface area (Å²) in [6.07, 6.45) is 5.95. The topological polar surface area (TPSA) is 24.9 Å². The van der Waals surface area contributed by atoms with E-state index in [-0.39, 0.29) is 0 Å². The van der Waals surface area contributed by atoms with E-state index < -0.39 is 0 Å². The molecule has 0 amide bonds. The summed E-state index contributed by atoms with van der Waals surface area (Å²) in [4.78, 5) is 4.53. The quantitative estimate of drug-likeness (QED) is 0.855. The van der Waals surface area contributed by atoms with Crippen molar-refractivity contribution in [2.75, 3.05) is 5.32 Å². The standard InChI is InChI=1S/C17H22N2/c1-12-6-5-9-16(13(12)2)19-15-10-14-7-3-4-8-17(14)18-11-15/h3-4,7-8,10-13,16,19H,5-6,9H2,1-2H3. The van der Waals surface area contributed by atoms with Gasteiger partial charge >= 0.3 is 0 Å². The van der Waals surface area contributed by atoms with Gasteiger partial charge in [-0.1, -0.05) is 44.9 Å². The van der Waals surface area contributed by atoms with Gasteiger partial charge in [0.2, 0.25) is 0 Å². The maximum absolute atomic E-state index is 4.53. The van der Waals surface area contributed by atoms with Gasteiger partial charge in [0.1, 0.15) is 0 Å². The van der Waals surface area contributed by atoms with Crippen LogP contribution in [0, 0.1) is 11.8 Å². The van der Waals surface area contributed by atoms with E-state index in [1.54, 1.807) is 0 Å². The number of benzene rings is 1. The summed E-state index contributed by atoms with van der Waals surface area (Å²) in [6, 6.07) is 11.1. The highest BCUT2D eigenvalue weighted by Gasteiger charge is 2.26. The molecule has 100 valence electrons. The van der Waals surface area contributed by atoms with Gasteiger partial charge in [-0.2, -0.15) is 0 Å². The molecule has 1 aliphatic carbocycles. The molecule has 2 heteroatoms. The van der Waals surface area contributed by atoms with E-state index in [0.717, 1.165) is 23.0 Å². The smallest absolute Gasteiger partial charge is 0.0703 e. The molecule has 1 aliphatic rings. The van der Waals surface area contributed by atoms with Gasteiger partial charge in [-0.15, -0.1) is 0 Å². The van der Waals surface area contributed by atoms with Crippen molar-refractivity contribution in [3.05, 3.63) is 36.5 Å². The Kier molecular flexibility index (Phi) is 3.41. The van der Waals surface area contributed by atoms with Crippen LogP contribution in [0.1, 0.15) is 33.1 Å². The minimum absolute atomic E-state index is 0.590. The highest BCUT2D eigenvalue weighted by molar-refractivity contribution is 5.81. The lowest BCUT2D eigenvalue weighted by Crippen LogP contribution is -2.35. The van der Waals surface area contributed by atoms with Crippen LogP contribution in [0.2, 0.25) is 0 Å². The fraction of sp³-hybridized carbons (Fsp3) is 0.471. The summed E-state index contributed by atoms with van der Waals surface area (Å²) in [5.74, 6) is 1.56. The van der Waals surface area contributed by atoms with Crippen LogP contribution in [0.5, 0.6) is 0 Å². The van der Waals surface area contributed by atoms with Crippen molar-refractivity contribution in [3.8, 4) is 0 Å². The lowest BCUT2D eigenvalue weighted by Gasteiger charge is -2.35. The molecule has 3 rings (SSSR count). The van der Waals surface area contributed by atoms with Gasteiger partial charge in [0.05, 0.1) is 17.4 Å². The van der Waals surface area contributed by atoms with Gasteiger partial charge in [-0.3, -0.25) is 4.98 Å². The molecule has 1 saturated carbocycles. The number of anilines is 1. The second kappa shape index (κ2) is 5.20. The Morgan fingerprint density at radius 1 is 1.16 bits per heavy atom. The summed E-state index contributed by atoms with van der Waals surface area (Å²) in [7, 11) is 0. The van der Waals surface area contributed by atoms with E-state index in [0.29, 0.717) is 6.04 Å². The molecule has 0 spiro atoms. The summed E-state index contributed by atoms with van der Waals surface area (Å²) in [6.45, 7) is 4.74. The van der Waals surface area contributed by atoms with Crippen LogP contribution in [0.15, 0.2) is 36.5 Å². The van der Waals surface area contributed by atoms with Crippen molar-refractivity contribution in [2.45, 2.75) is 39.2 Å². The predicted octanol–water partition coefficient (Wildman–Crippen LogP) is 4.47. The number of hydrogen-bond acceptors (Lipinski definition) is 2. The number of pyridine rings is 1. The number of rotatable bonds is 2. The summed E-state index contributed by atoms with van der Waals surface area (Å²) >= 11 is 0. The summed E-state index contributed by atoms with van der Waals surface area (Å²) in [5.41, 5.74) is 2.22. The largest absolute Gasteiger partial charge is 0.381 e. The molecule has 1 aromatic heterocycles.